The number of halogens is 1. The number of piperidine rings is 2. The molecule has 1 spiro atoms. The number of carbonyl (C=O) groups excluding carboxylic acids is 4. The predicted octanol–water partition coefficient (Wildman–Crippen LogP) is 5.24. The third-order valence-corrected chi connectivity index (χ3v) is 13.1. The fourth-order valence-electron chi connectivity index (χ4n) is 9.93. The summed E-state index contributed by atoms with van der Waals surface area (Å²) >= 11 is 0. The molecule has 4 amide bonds. The molecule has 15 heteroatoms. The summed E-state index contributed by atoms with van der Waals surface area (Å²) in [6.45, 7) is 8.24. The second-order valence-electron chi connectivity index (χ2n) is 16.8. The Balaban J connectivity index is 0.691. The number of pyridine rings is 2. The molecule has 0 radical (unpaired) electrons. The number of ether oxygens (including phenoxy) is 2. The van der Waals surface area contributed by atoms with Crippen molar-refractivity contribution in [3.8, 4) is 17.0 Å². The van der Waals surface area contributed by atoms with Crippen LogP contribution in [0.15, 0.2) is 48.8 Å². The average molecular weight is 789 g/mol. The van der Waals surface area contributed by atoms with Crippen molar-refractivity contribution in [1.82, 2.24) is 25.1 Å². The van der Waals surface area contributed by atoms with Crippen LogP contribution in [0.3, 0.4) is 0 Å². The number of imide groups is 1. The van der Waals surface area contributed by atoms with E-state index < -0.39 is 18.0 Å². The zero-order valence-corrected chi connectivity index (χ0v) is 32.3. The van der Waals surface area contributed by atoms with Crippen molar-refractivity contribution in [3.63, 3.8) is 0 Å². The van der Waals surface area contributed by atoms with Crippen LogP contribution < -0.4 is 25.6 Å². The van der Waals surface area contributed by atoms with Gasteiger partial charge < -0.3 is 29.5 Å². The van der Waals surface area contributed by atoms with Crippen LogP contribution in [-0.2, 0) is 20.9 Å². The Bertz CT molecular complexity index is 2370. The Morgan fingerprint density at radius 3 is 2.69 bits per heavy atom. The number of hydrogen-bond acceptors (Lipinski definition) is 11. The third-order valence-electron chi connectivity index (χ3n) is 13.1. The van der Waals surface area contributed by atoms with Crippen LogP contribution in [0, 0.1) is 24.1 Å². The minimum Gasteiger partial charge on any atom is -0.474 e. The number of amides is 4. The molecular formula is C43H45FN8O6. The first-order chi connectivity index (χ1) is 28.1. The molecule has 3 saturated heterocycles. The van der Waals surface area contributed by atoms with E-state index in [9.17, 15) is 19.2 Å². The van der Waals surface area contributed by atoms with E-state index in [1.165, 1.54) is 6.07 Å². The van der Waals surface area contributed by atoms with E-state index in [-0.39, 0.29) is 35.6 Å². The van der Waals surface area contributed by atoms with Gasteiger partial charge in [0.1, 0.15) is 36.1 Å². The van der Waals surface area contributed by atoms with Gasteiger partial charge in [-0.05, 0) is 98.3 Å². The van der Waals surface area contributed by atoms with E-state index in [0.717, 1.165) is 86.3 Å². The predicted molar refractivity (Wildman–Crippen MR) is 213 cm³/mol. The third kappa shape index (κ3) is 6.54. The molecule has 2 aromatic carbocycles. The molecule has 7 heterocycles. The van der Waals surface area contributed by atoms with Crippen LogP contribution in [0.4, 0.5) is 26.4 Å². The maximum atomic E-state index is 15.3. The summed E-state index contributed by atoms with van der Waals surface area (Å²) in [6, 6.07) is 10.2. The normalized spacial score (nSPS) is 21.8. The minimum atomic E-state index is -0.619. The van der Waals surface area contributed by atoms with Crippen LogP contribution in [0.25, 0.3) is 21.9 Å². The molecule has 1 aliphatic carbocycles. The zero-order valence-electron chi connectivity index (χ0n) is 32.3. The quantitative estimate of drug-likeness (QED) is 0.211. The number of benzene rings is 2. The Hall–Kier alpha value is -5.83. The van der Waals surface area contributed by atoms with Crippen LogP contribution in [0.1, 0.15) is 60.0 Å². The van der Waals surface area contributed by atoms with Gasteiger partial charge in [-0.3, -0.25) is 25.0 Å². The number of likely N-dealkylation sites (tertiary alicyclic amines) is 1. The lowest BCUT2D eigenvalue weighted by Gasteiger charge is -2.52. The monoisotopic (exact) mass is 788 g/mol. The van der Waals surface area contributed by atoms with Gasteiger partial charge in [0, 0.05) is 79.7 Å². The molecule has 300 valence electrons. The Labute approximate surface area is 334 Å². The molecule has 4 aromatic rings. The number of carbonyl (C=O) groups is 4. The molecule has 2 aromatic heterocycles. The molecule has 6 aliphatic rings. The fourth-order valence-corrected chi connectivity index (χ4v) is 9.93. The molecule has 0 bridgehead atoms. The zero-order chi connectivity index (χ0) is 39.7. The van der Waals surface area contributed by atoms with Gasteiger partial charge in [0.25, 0.3) is 5.91 Å². The Kier molecular flexibility index (Phi) is 8.95. The van der Waals surface area contributed by atoms with Gasteiger partial charge >= 0.3 is 6.09 Å². The second kappa shape index (κ2) is 14.2. The highest BCUT2D eigenvalue weighted by atomic mass is 19.1. The van der Waals surface area contributed by atoms with Crippen molar-refractivity contribution in [2.45, 2.75) is 64.1 Å². The molecular weight excluding hydrogens is 744 g/mol. The molecule has 5 aliphatic heterocycles. The van der Waals surface area contributed by atoms with Gasteiger partial charge in [-0.15, -0.1) is 0 Å². The maximum Gasteiger partial charge on any atom is 0.413 e. The lowest BCUT2D eigenvalue weighted by atomic mass is 9.61. The highest BCUT2D eigenvalue weighted by Crippen LogP contribution is 2.50. The maximum absolute atomic E-state index is 15.3. The highest BCUT2D eigenvalue weighted by molar-refractivity contribution is 6.08. The van der Waals surface area contributed by atoms with Gasteiger partial charge in [0.05, 0.1) is 5.56 Å². The van der Waals surface area contributed by atoms with E-state index in [2.05, 4.69) is 35.7 Å². The lowest BCUT2D eigenvalue weighted by Crippen LogP contribution is -2.55. The topological polar surface area (TPSA) is 158 Å². The first-order valence-corrected chi connectivity index (χ1v) is 20.3. The summed E-state index contributed by atoms with van der Waals surface area (Å²) in [4.78, 5) is 65.9. The lowest BCUT2D eigenvalue weighted by molar-refractivity contribution is -0.136. The van der Waals surface area contributed by atoms with Crippen molar-refractivity contribution < 1.29 is 33.0 Å². The van der Waals surface area contributed by atoms with Gasteiger partial charge in [-0.2, -0.15) is 0 Å². The van der Waals surface area contributed by atoms with Crippen molar-refractivity contribution in [2.75, 3.05) is 61.4 Å². The first-order valence-electron chi connectivity index (χ1n) is 20.3. The molecule has 14 nitrogen and oxygen atoms in total. The number of hydrogen-bond donors (Lipinski definition) is 3. The van der Waals surface area contributed by atoms with E-state index in [0.29, 0.717) is 65.8 Å². The first kappa shape index (κ1) is 36.5. The number of nitrogens with one attached hydrogen (secondary N) is 3. The van der Waals surface area contributed by atoms with Crippen LogP contribution >= 0.6 is 0 Å². The van der Waals surface area contributed by atoms with E-state index in [1.807, 2.05) is 25.1 Å². The van der Waals surface area contributed by atoms with Gasteiger partial charge in [-0.25, -0.2) is 19.2 Å². The molecule has 1 saturated carbocycles. The number of anilines is 3. The summed E-state index contributed by atoms with van der Waals surface area (Å²) in [6.07, 6.45) is 6.89. The van der Waals surface area contributed by atoms with E-state index >= 15 is 4.39 Å². The summed E-state index contributed by atoms with van der Waals surface area (Å²) in [5.74, 6) is 0.149. The summed E-state index contributed by atoms with van der Waals surface area (Å²) in [5, 5.41) is 9.80. The number of fused-ring (bicyclic) bond motifs is 3. The molecule has 4 fully saturated rings. The summed E-state index contributed by atoms with van der Waals surface area (Å²) in [5.41, 5.74) is 5.42. The molecule has 1 unspecified atom stereocenters. The SMILES string of the molecule is Cc1c(-c2cc3cc(NC(=O)OC4CC5(CCN(CC6CN(c7cccc8c7C(=O)N(C7CCC(=O)NC7=O)C8)C6)CC5)C4)ncc3cc2F)cnc2c1NCCO2. The number of nitrogens with zero attached hydrogens (tertiary/aromatic N) is 5. The largest absolute Gasteiger partial charge is 0.474 e. The number of rotatable bonds is 7. The minimum absolute atomic E-state index is 0.133. The van der Waals surface area contributed by atoms with E-state index in [4.69, 9.17) is 9.47 Å². The molecule has 10 rings (SSSR count). The Morgan fingerprint density at radius 1 is 1.05 bits per heavy atom. The van der Waals surface area contributed by atoms with Gasteiger partial charge in [0.15, 0.2) is 0 Å². The van der Waals surface area contributed by atoms with Gasteiger partial charge in [-0.1, -0.05) is 12.1 Å². The van der Waals surface area contributed by atoms with Crippen LogP contribution in [0.5, 0.6) is 5.88 Å². The van der Waals surface area contributed by atoms with Crippen molar-refractivity contribution in [3.05, 3.63) is 71.3 Å². The van der Waals surface area contributed by atoms with E-state index in [1.54, 1.807) is 29.4 Å². The van der Waals surface area contributed by atoms with Crippen molar-refractivity contribution in [2.24, 2.45) is 11.3 Å². The van der Waals surface area contributed by atoms with Gasteiger partial charge in [0.2, 0.25) is 17.7 Å². The molecule has 1 atom stereocenters. The second-order valence-corrected chi connectivity index (χ2v) is 16.8. The van der Waals surface area contributed by atoms with Crippen molar-refractivity contribution in [1.29, 1.82) is 0 Å². The number of aromatic nitrogens is 2. The Morgan fingerprint density at radius 2 is 1.88 bits per heavy atom. The standard InChI is InChI=1S/C43H45FN8O6/c1-24-31(19-47-40-38(24)45-9-12-57-40)30-13-27-15-35(46-18-28(27)14-32(30)44)48-42(56)58-29-16-43(17-29)7-10-50(11-8-43)20-25-21-51(22-25)33-4-2-3-26-23-52(41(55)37(26)33)34-5-6-36(53)49-39(34)54/h2-4,13-15,18-19,25,29,34,45H,5-12,16-17,20-23H2,1H3,(H,46,48,56)(H,49,53,54). The summed E-state index contributed by atoms with van der Waals surface area (Å²) in [7, 11) is 0. The smallest absolute Gasteiger partial charge is 0.413 e. The molecule has 58 heavy (non-hydrogen) atoms. The van der Waals surface area contributed by atoms with Crippen LogP contribution in [-0.4, -0.2) is 102 Å². The summed E-state index contributed by atoms with van der Waals surface area (Å²) < 4.78 is 26.8. The average Bonchev–Trinajstić information content (AvgIpc) is 3.52. The highest BCUT2D eigenvalue weighted by Gasteiger charge is 2.48. The van der Waals surface area contributed by atoms with Crippen molar-refractivity contribution >= 4 is 51.8 Å². The molecule has 3 N–H and O–H groups in total. The fraction of sp³-hybridized carbons (Fsp3) is 0.442. The van der Waals surface area contributed by atoms with Crippen LogP contribution in [0.2, 0.25) is 0 Å².